The number of hydrogen-bond acceptors (Lipinski definition) is 5. The van der Waals surface area contributed by atoms with Crippen LogP contribution in [0.4, 0.5) is 5.82 Å². The highest BCUT2D eigenvalue weighted by Crippen LogP contribution is 2.28. The van der Waals surface area contributed by atoms with Crippen LogP contribution in [0.25, 0.3) is 0 Å². The summed E-state index contributed by atoms with van der Waals surface area (Å²) >= 11 is 0. The number of pyridine rings is 1. The fraction of sp³-hybridized carbons (Fsp3) is 0.533. The standard InChI is InChI=1S/C15H21N3O4/c1-11(2)21-8-4-7-16-13(19)9-18-14(20)10-22-12-5-3-6-17-15(12)18/h3,5-6,11H,4,7-10H2,1-2H3,(H,16,19). The molecule has 1 aromatic heterocycles. The van der Waals surface area contributed by atoms with Gasteiger partial charge in [0.05, 0.1) is 6.10 Å². The minimum Gasteiger partial charge on any atom is -0.480 e. The molecule has 0 unspecified atom stereocenters. The lowest BCUT2D eigenvalue weighted by Gasteiger charge is -2.27. The van der Waals surface area contributed by atoms with Gasteiger partial charge in [-0.2, -0.15) is 0 Å². The number of rotatable bonds is 7. The Morgan fingerprint density at radius 3 is 3.14 bits per heavy atom. The smallest absolute Gasteiger partial charge is 0.266 e. The van der Waals surface area contributed by atoms with Gasteiger partial charge in [-0.25, -0.2) is 4.98 Å². The van der Waals surface area contributed by atoms with E-state index < -0.39 is 0 Å². The Bertz CT molecular complexity index is 533. The Morgan fingerprint density at radius 1 is 1.55 bits per heavy atom. The number of hydrogen-bond donors (Lipinski definition) is 1. The molecule has 0 atom stereocenters. The van der Waals surface area contributed by atoms with Crippen LogP contribution in [0.2, 0.25) is 0 Å². The third-order valence-electron chi connectivity index (χ3n) is 3.05. The lowest BCUT2D eigenvalue weighted by Crippen LogP contribution is -2.45. The largest absolute Gasteiger partial charge is 0.480 e. The number of nitrogens with zero attached hydrogens (tertiary/aromatic N) is 2. The van der Waals surface area contributed by atoms with E-state index >= 15 is 0 Å². The first kappa shape index (κ1) is 16.2. The van der Waals surface area contributed by atoms with Crippen LogP contribution in [0.1, 0.15) is 20.3 Å². The van der Waals surface area contributed by atoms with Crippen molar-refractivity contribution in [2.75, 3.05) is 31.2 Å². The van der Waals surface area contributed by atoms with Crippen molar-refractivity contribution < 1.29 is 19.1 Å². The minimum atomic E-state index is -0.274. The summed E-state index contributed by atoms with van der Waals surface area (Å²) in [4.78, 5) is 29.3. The Balaban J connectivity index is 1.82. The van der Waals surface area contributed by atoms with E-state index in [0.29, 0.717) is 24.7 Å². The molecule has 7 heteroatoms. The molecule has 2 rings (SSSR count). The number of ether oxygens (including phenoxy) is 2. The highest BCUT2D eigenvalue weighted by atomic mass is 16.5. The predicted molar refractivity (Wildman–Crippen MR) is 80.8 cm³/mol. The summed E-state index contributed by atoms with van der Waals surface area (Å²) in [5.74, 6) is 0.401. The summed E-state index contributed by atoms with van der Waals surface area (Å²) in [5, 5.41) is 2.77. The summed E-state index contributed by atoms with van der Waals surface area (Å²) in [6, 6.07) is 3.45. The van der Waals surface area contributed by atoms with Gasteiger partial charge in [-0.05, 0) is 32.4 Å². The average molecular weight is 307 g/mol. The molecule has 7 nitrogen and oxygen atoms in total. The van der Waals surface area contributed by atoms with Gasteiger partial charge >= 0.3 is 0 Å². The molecule has 0 fully saturated rings. The van der Waals surface area contributed by atoms with Gasteiger partial charge in [-0.15, -0.1) is 0 Å². The number of anilines is 1. The van der Waals surface area contributed by atoms with E-state index in [1.54, 1.807) is 18.3 Å². The Kier molecular flexibility index (Phi) is 5.71. The van der Waals surface area contributed by atoms with Gasteiger partial charge in [0.2, 0.25) is 5.91 Å². The molecule has 0 bridgehead atoms. The number of nitrogens with one attached hydrogen (secondary N) is 1. The van der Waals surface area contributed by atoms with E-state index in [1.807, 2.05) is 13.8 Å². The molecule has 0 radical (unpaired) electrons. The van der Waals surface area contributed by atoms with Gasteiger partial charge < -0.3 is 14.8 Å². The number of aromatic nitrogens is 1. The first-order valence-electron chi connectivity index (χ1n) is 7.34. The van der Waals surface area contributed by atoms with Crippen LogP contribution < -0.4 is 15.0 Å². The molecule has 0 saturated carbocycles. The normalized spacial score (nSPS) is 13.8. The molecule has 1 aliphatic heterocycles. The lowest BCUT2D eigenvalue weighted by atomic mass is 10.3. The van der Waals surface area contributed by atoms with Crippen LogP contribution in [0.3, 0.4) is 0 Å². The fourth-order valence-corrected chi connectivity index (χ4v) is 2.01. The maximum absolute atomic E-state index is 11.9. The Morgan fingerprint density at radius 2 is 2.36 bits per heavy atom. The monoisotopic (exact) mass is 307 g/mol. The molecule has 1 N–H and O–H groups in total. The van der Waals surface area contributed by atoms with E-state index in [9.17, 15) is 9.59 Å². The van der Waals surface area contributed by atoms with Gasteiger partial charge in [0, 0.05) is 19.3 Å². The third-order valence-corrected chi connectivity index (χ3v) is 3.05. The lowest BCUT2D eigenvalue weighted by molar-refractivity contribution is -0.125. The molecular weight excluding hydrogens is 286 g/mol. The van der Waals surface area contributed by atoms with E-state index in [1.165, 1.54) is 4.90 Å². The fourth-order valence-electron chi connectivity index (χ4n) is 2.01. The Hall–Kier alpha value is -2.15. The topological polar surface area (TPSA) is 80.8 Å². The second kappa shape index (κ2) is 7.74. The van der Waals surface area contributed by atoms with Crippen LogP contribution >= 0.6 is 0 Å². The van der Waals surface area contributed by atoms with Crippen molar-refractivity contribution in [3.8, 4) is 5.75 Å². The quantitative estimate of drug-likeness (QED) is 0.751. The van der Waals surface area contributed by atoms with Crippen LogP contribution in [0, 0.1) is 0 Å². The predicted octanol–water partition coefficient (Wildman–Crippen LogP) is 0.738. The van der Waals surface area contributed by atoms with Crippen molar-refractivity contribution in [2.45, 2.75) is 26.4 Å². The van der Waals surface area contributed by atoms with Crippen LogP contribution in [-0.4, -0.2) is 49.2 Å². The van der Waals surface area contributed by atoms with Gasteiger partial charge in [0.25, 0.3) is 5.91 Å². The van der Waals surface area contributed by atoms with E-state index in [4.69, 9.17) is 9.47 Å². The summed E-state index contributed by atoms with van der Waals surface area (Å²) in [6.07, 6.45) is 2.48. The second-order valence-electron chi connectivity index (χ2n) is 5.22. The van der Waals surface area contributed by atoms with Gasteiger partial charge in [0.1, 0.15) is 6.54 Å². The summed E-state index contributed by atoms with van der Waals surface area (Å²) in [5.41, 5.74) is 0. The second-order valence-corrected chi connectivity index (χ2v) is 5.22. The van der Waals surface area contributed by atoms with Crippen molar-refractivity contribution in [2.24, 2.45) is 0 Å². The number of fused-ring (bicyclic) bond motifs is 1. The van der Waals surface area contributed by atoms with E-state index in [0.717, 1.165) is 6.42 Å². The first-order chi connectivity index (χ1) is 10.6. The van der Waals surface area contributed by atoms with E-state index in [2.05, 4.69) is 10.3 Å². The Labute approximate surface area is 129 Å². The van der Waals surface area contributed by atoms with Crippen molar-refractivity contribution in [3.63, 3.8) is 0 Å². The zero-order chi connectivity index (χ0) is 15.9. The van der Waals surface area contributed by atoms with Crippen LogP contribution in [0.5, 0.6) is 5.75 Å². The zero-order valence-electron chi connectivity index (χ0n) is 12.9. The van der Waals surface area contributed by atoms with Crippen molar-refractivity contribution in [1.29, 1.82) is 0 Å². The van der Waals surface area contributed by atoms with Gasteiger partial charge in [0.15, 0.2) is 18.2 Å². The van der Waals surface area contributed by atoms with Gasteiger partial charge in [-0.3, -0.25) is 14.5 Å². The molecule has 1 aliphatic rings. The molecule has 0 aliphatic carbocycles. The third kappa shape index (κ3) is 4.42. The number of carbonyl (C=O) groups is 2. The minimum absolute atomic E-state index is 0.0583. The summed E-state index contributed by atoms with van der Waals surface area (Å²) < 4.78 is 10.7. The first-order valence-corrected chi connectivity index (χ1v) is 7.34. The van der Waals surface area contributed by atoms with E-state index in [-0.39, 0.29) is 31.1 Å². The van der Waals surface area contributed by atoms with Crippen LogP contribution in [-0.2, 0) is 14.3 Å². The molecule has 0 aromatic carbocycles. The summed E-state index contributed by atoms with van der Waals surface area (Å²) in [7, 11) is 0. The maximum atomic E-state index is 11.9. The number of amides is 2. The molecule has 22 heavy (non-hydrogen) atoms. The molecule has 0 saturated heterocycles. The van der Waals surface area contributed by atoms with Crippen molar-refractivity contribution in [3.05, 3.63) is 18.3 Å². The van der Waals surface area contributed by atoms with Crippen molar-refractivity contribution in [1.82, 2.24) is 10.3 Å². The highest BCUT2D eigenvalue weighted by molar-refractivity contribution is 6.01. The maximum Gasteiger partial charge on any atom is 0.266 e. The number of carbonyl (C=O) groups excluding carboxylic acids is 2. The average Bonchev–Trinajstić information content (AvgIpc) is 2.49. The molecule has 120 valence electrons. The molecule has 2 amide bonds. The molecule has 1 aromatic rings. The molecular formula is C15H21N3O4. The zero-order valence-corrected chi connectivity index (χ0v) is 12.9. The molecule has 0 spiro atoms. The highest BCUT2D eigenvalue weighted by Gasteiger charge is 2.28. The SMILES string of the molecule is CC(C)OCCCNC(=O)CN1C(=O)COc2cccnc21. The molecule has 2 heterocycles. The van der Waals surface area contributed by atoms with Crippen LogP contribution in [0.15, 0.2) is 18.3 Å². The van der Waals surface area contributed by atoms with Gasteiger partial charge in [-0.1, -0.05) is 0 Å². The van der Waals surface area contributed by atoms with Crippen molar-refractivity contribution >= 4 is 17.6 Å². The summed E-state index contributed by atoms with van der Waals surface area (Å²) in [6.45, 7) is 4.91.